The second-order valence-electron chi connectivity index (χ2n) is 4.97. The molecule has 22 heavy (non-hydrogen) atoms. The van der Waals surface area contributed by atoms with E-state index >= 15 is 0 Å². The number of halogens is 1. The average molecular weight is 328 g/mol. The van der Waals surface area contributed by atoms with Gasteiger partial charge in [-0.05, 0) is 25.0 Å². The monoisotopic (exact) mass is 327 g/mol. The summed E-state index contributed by atoms with van der Waals surface area (Å²) in [7, 11) is 0. The van der Waals surface area contributed by atoms with Gasteiger partial charge in [0.1, 0.15) is 0 Å². The molecule has 0 atom stereocenters. The fraction of sp³-hybridized carbons (Fsp3) is 0.467. The third-order valence-electron chi connectivity index (χ3n) is 3.45. The van der Waals surface area contributed by atoms with E-state index in [9.17, 15) is 9.59 Å². The molecule has 0 aromatic heterocycles. The van der Waals surface area contributed by atoms with Crippen LogP contribution in [-0.2, 0) is 9.53 Å². The van der Waals surface area contributed by atoms with Gasteiger partial charge >= 0.3 is 0 Å². The lowest BCUT2D eigenvalue weighted by atomic mass is 9.99. The Morgan fingerprint density at radius 2 is 1.91 bits per heavy atom. The van der Waals surface area contributed by atoms with Crippen LogP contribution in [0.4, 0.5) is 5.69 Å². The minimum absolute atomic E-state index is 0. The van der Waals surface area contributed by atoms with Crippen molar-refractivity contribution in [3.63, 3.8) is 0 Å². The van der Waals surface area contributed by atoms with Crippen LogP contribution in [0.5, 0.6) is 0 Å². The van der Waals surface area contributed by atoms with E-state index in [4.69, 9.17) is 10.5 Å². The first-order chi connectivity index (χ1) is 10.2. The number of benzene rings is 1. The Hall–Kier alpha value is -1.63. The van der Waals surface area contributed by atoms with E-state index in [0.717, 1.165) is 0 Å². The van der Waals surface area contributed by atoms with E-state index in [1.807, 2.05) is 0 Å². The molecule has 1 fully saturated rings. The van der Waals surface area contributed by atoms with Gasteiger partial charge in [-0.3, -0.25) is 9.59 Å². The fourth-order valence-corrected chi connectivity index (χ4v) is 2.27. The highest BCUT2D eigenvalue weighted by atomic mass is 35.5. The van der Waals surface area contributed by atoms with Crippen LogP contribution >= 0.6 is 12.4 Å². The van der Waals surface area contributed by atoms with Gasteiger partial charge in [0.2, 0.25) is 5.91 Å². The van der Waals surface area contributed by atoms with Crippen molar-refractivity contribution in [3.05, 3.63) is 29.8 Å². The zero-order valence-corrected chi connectivity index (χ0v) is 13.2. The average Bonchev–Trinajstić information content (AvgIpc) is 2.54. The first kappa shape index (κ1) is 18.4. The number of nitrogens with one attached hydrogen (secondary N) is 2. The molecule has 0 bridgehead atoms. The van der Waals surface area contributed by atoms with Crippen molar-refractivity contribution in [1.29, 1.82) is 0 Å². The number of anilines is 1. The van der Waals surface area contributed by atoms with Gasteiger partial charge in [-0.25, -0.2) is 0 Å². The Bertz CT molecular complexity index is 505. The first-order valence-corrected chi connectivity index (χ1v) is 7.18. The zero-order valence-electron chi connectivity index (χ0n) is 12.3. The van der Waals surface area contributed by atoms with Crippen LogP contribution < -0.4 is 16.4 Å². The third-order valence-corrected chi connectivity index (χ3v) is 3.45. The molecule has 2 amide bonds. The molecule has 1 saturated heterocycles. The number of para-hydroxylation sites is 1. The molecule has 6 nitrogen and oxygen atoms in total. The minimum atomic E-state index is -0.233. The van der Waals surface area contributed by atoms with Crippen LogP contribution in [0.15, 0.2) is 24.3 Å². The van der Waals surface area contributed by atoms with Gasteiger partial charge in [-0.1, -0.05) is 12.1 Å². The van der Waals surface area contributed by atoms with Crippen LogP contribution in [0.1, 0.15) is 23.2 Å². The number of carbonyl (C=O) groups is 2. The summed E-state index contributed by atoms with van der Waals surface area (Å²) in [6.45, 7) is 2.00. The quantitative estimate of drug-likeness (QED) is 0.756. The number of nitrogens with two attached hydrogens (primary N) is 1. The highest BCUT2D eigenvalue weighted by Crippen LogP contribution is 2.20. The number of carbonyl (C=O) groups excluding carboxylic acids is 2. The zero-order chi connectivity index (χ0) is 15.1. The van der Waals surface area contributed by atoms with Gasteiger partial charge in [0.25, 0.3) is 5.91 Å². The lowest BCUT2D eigenvalue weighted by Crippen LogP contribution is -2.31. The molecule has 1 aromatic rings. The maximum Gasteiger partial charge on any atom is 0.253 e. The van der Waals surface area contributed by atoms with E-state index in [1.54, 1.807) is 24.3 Å². The molecule has 1 aromatic carbocycles. The topological polar surface area (TPSA) is 93.5 Å². The van der Waals surface area contributed by atoms with E-state index in [0.29, 0.717) is 50.4 Å². The molecule has 2 rings (SSSR count). The largest absolute Gasteiger partial charge is 0.381 e. The van der Waals surface area contributed by atoms with Gasteiger partial charge in [0, 0.05) is 32.2 Å². The Labute approximate surface area is 136 Å². The van der Waals surface area contributed by atoms with Crippen LogP contribution in [0, 0.1) is 5.92 Å². The summed E-state index contributed by atoms with van der Waals surface area (Å²) in [5, 5.41) is 5.56. The third kappa shape index (κ3) is 4.98. The number of amides is 2. The maximum atomic E-state index is 12.2. The smallest absolute Gasteiger partial charge is 0.253 e. The number of hydrogen-bond acceptors (Lipinski definition) is 4. The van der Waals surface area contributed by atoms with E-state index < -0.39 is 0 Å². The van der Waals surface area contributed by atoms with Crippen LogP contribution in [0.2, 0.25) is 0 Å². The van der Waals surface area contributed by atoms with Gasteiger partial charge in [0.05, 0.1) is 11.3 Å². The molecule has 1 aliphatic rings. The Balaban J connectivity index is 0.00000242. The van der Waals surface area contributed by atoms with Crippen molar-refractivity contribution < 1.29 is 14.3 Å². The van der Waals surface area contributed by atoms with Crippen molar-refractivity contribution in [2.24, 2.45) is 11.7 Å². The predicted molar refractivity (Wildman–Crippen MR) is 87.3 cm³/mol. The summed E-state index contributed by atoms with van der Waals surface area (Å²) in [6, 6.07) is 6.97. The van der Waals surface area contributed by atoms with Crippen LogP contribution in [0.3, 0.4) is 0 Å². The fourth-order valence-electron chi connectivity index (χ4n) is 2.27. The van der Waals surface area contributed by atoms with Crippen LogP contribution in [-0.4, -0.2) is 38.1 Å². The molecule has 0 spiro atoms. The summed E-state index contributed by atoms with van der Waals surface area (Å²) in [6.07, 6.45) is 1.43. The minimum Gasteiger partial charge on any atom is -0.381 e. The lowest BCUT2D eigenvalue weighted by Gasteiger charge is -2.21. The van der Waals surface area contributed by atoms with Gasteiger partial charge < -0.3 is 21.1 Å². The molecule has 0 radical (unpaired) electrons. The van der Waals surface area contributed by atoms with Gasteiger partial charge in [-0.15, -0.1) is 12.4 Å². The Morgan fingerprint density at radius 3 is 2.59 bits per heavy atom. The van der Waals surface area contributed by atoms with Crippen molar-refractivity contribution in [3.8, 4) is 0 Å². The van der Waals surface area contributed by atoms with Crippen molar-refractivity contribution >= 4 is 29.9 Å². The summed E-state index contributed by atoms with van der Waals surface area (Å²) in [4.78, 5) is 24.3. The highest BCUT2D eigenvalue weighted by Gasteiger charge is 2.22. The molecular formula is C15H22ClN3O3. The molecule has 1 aliphatic heterocycles. The normalized spacial score (nSPS) is 14.8. The van der Waals surface area contributed by atoms with Crippen molar-refractivity contribution in [1.82, 2.24) is 5.32 Å². The number of hydrogen-bond donors (Lipinski definition) is 3. The summed E-state index contributed by atoms with van der Waals surface area (Å²) < 4.78 is 5.25. The highest BCUT2D eigenvalue weighted by molar-refractivity contribution is 6.04. The molecule has 0 saturated carbocycles. The summed E-state index contributed by atoms with van der Waals surface area (Å²) in [5.41, 5.74) is 6.36. The van der Waals surface area contributed by atoms with Gasteiger partial charge in [0.15, 0.2) is 0 Å². The SMILES string of the molecule is Cl.NCCNC(=O)c1ccccc1NC(=O)C1CCOCC1. The number of rotatable bonds is 5. The molecule has 0 unspecified atom stereocenters. The van der Waals surface area contributed by atoms with E-state index in [2.05, 4.69) is 10.6 Å². The summed E-state index contributed by atoms with van der Waals surface area (Å²) >= 11 is 0. The molecule has 7 heteroatoms. The maximum absolute atomic E-state index is 12.2. The van der Waals surface area contributed by atoms with Crippen molar-refractivity contribution in [2.75, 3.05) is 31.6 Å². The molecule has 4 N–H and O–H groups in total. The Morgan fingerprint density at radius 1 is 1.23 bits per heavy atom. The molecule has 122 valence electrons. The standard InChI is InChI=1S/C15H21N3O3.ClH/c16-7-8-17-15(20)12-3-1-2-4-13(12)18-14(19)11-5-9-21-10-6-11;/h1-4,11H,5-10,16H2,(H,17,20)(H,18,19);1H. The first-order valence-electron chi connectivity index (χ1n) is 7.18. The van der Waals surface area contributed by atoms with E-state index in [-0.39, 0.29) is 30.1 Å². The lowest BCUT2D eigenvalue weighted by molar-refractivity contribution is -0.122. The van der Waals surface area contributed by atoms with Gasteiger partial charge in [-0.2, -0.15) is 0 Å². The number of ether oxygens (including phenoxy) is 1. The predicted octanol–water partition coefficient (Wildman–Crippen LogP) is 1.16. The molecule has 1 heterocycles. The van der Waals surface area contributed by atoms with E-state index in [1.165, 1.54) is 0 Å². The summed E-state index contributed by atoms with van der Waals surface area (Å²) in [5.74, 6) is -0.348. The molecule has 0 aliphatic carbocycles. The molecular weight excluding hydrogens is 306 g/mol. The Kier molecular flexibility index (Phi) is 7.87. The second kappa shape index (κ2) is 9.40. The second-order valence-corrected chi connectivity index (χ2v) is 4.97. The van der Waals surface area contributed by atoms with Crippen LogP contribution in [0.25, 0.3) is 0 Å². The van der Waals surface area contributed by atoms with Crippen molar-refractivity contribution in [2.45, 2.75) is 12.8 Å².